The molecule has 3 nitrogen and oxygen atoms in total. The molecule has 3 atom stereocenters. The fourth-order valence-electron chi connectivity index (χ4n) is 2.46. The average molecular weight is 263 g/mol. The lowest BCUT2D eigenvalue weighted by Crippen LogP contribution is -2.08. The molecule has 0 radical (unpaired) electrons. The summed E-state index contributed by atoms with van der Waals surface area (Å²) < 4.78 is 29.1. The van der Waals surface area contributed by atoms with Crippen LogP contribution < -0.4 is 0 Å². The quantitative estimate of drug-likeness (QED) is 0.845. The van der Waals surface area contributed by atoms with E-state index in [2.05, 4.69) is 10.1 Å². The third kappa shape index (κ3) is 2.03. The first-order valence-corrected chi connectivity index (χ1v) is 6.50. The van der Waals surface area contributed by atoms with Crippen LogP contribution in [0.3, 0.4) is 0 Å². The number of rotatable bonds is 3. The average Bonchev–Trinajstić information content (AvgIpc) is 3.00. The van der Waals surface area contributed by atoms with Crippen LogP contribution in [0.4, 0.5) is 8.78 Å². The molecule has 19 heavy (non-hydrogen) atoms. The molecule has 2 unspecified atom stereocenters. The molecule has 0 saturated carbocycles. The van der Waals surface area contributed by atoms with Crippen molar-refractivity contribution >= 4 is 0 Å². The summed E-state index contributed by atoms with van der Waals surface area (Å²) in [6.07, 6.45) is -1.77. The van der Waals surface area contributed by atoms with Crippen LogP contribution >= 0.6 is 0 Å². The Bertz CT molecular complexity index is 567. The van der Waals surface area contributed by atoms with Crippen molar-refractivity contribution < 1.29 is 8.78 Å². The van der Waals surface area contributed by atoms with E-state index < -0.39 is 12.3 Å². The summed E-state index contributed by atoms with van der Waals surface area (Å²) in [4.78, 5) is 4.02. The second-order valence-electron chi connectivity index (χ2n) is 4.78. The predicted octanol–water partition coefficient (Wildman–Crippen LogP) is 3.70. The maximum atomic E-state index is 14.0. The summed E-state index contributed by atoms with van der Waals surface area (Å²) in [6.45, 7) is 1.72. The van der Waals surface area contributed by atoms with Gasteiger partial charge in [0, 0.05) is 6.42 Å². The van der Waals surface area contributed by atoms with Crippen LogP contribution in [0.1, 0.15) is 55.4 Å². The molecule has 1 aromatic carbocycles. The predicted molar refractivity (Wildman–Crippen MR) is 67.2 cm³/mol. The molecule has 100 valence electrons. The monoisotopic (exact) mass is 263 g/mol. The Morgan fingerprint density at radius 1 is 1.37 bits per heavy atom. The van der Waals surface area contributed by atoms with Gasteiger partial charge in [-0.25, -0.2) is 18.4 Å². The van der Waals surface area contributed by atoms with Gasteiger partial charge in [-0.2, -0.15) is 5.10 Å². The van der Waals surface area contributed by atoms with Gasteiger partial charge in [-0.05, 0) is 12.0 Å². The normalized spacial score (nSPS) is 23.3. The van der Waals surface area contributed by atoms with Gasteiger partial charge in [0.1, 0.15) is 0 Å². The van der Waals surface area contributed by atoms with Crippen LogP contribution in [-0.2, 0) is 0 Å². The highest BCUT2D eigenvalue weighted by Crippen LogP contribution is 2.39. The van der Waals surface area contributed by atoms with Gasteiger partial charge in [0.15, 0.2) is 24.0 Å². The second kappa shape index (κ2) is 4.72. The van der Waals surface area contributed by atoms with E-state index in [1.807, 2.05) is 30.3 Å². The van der Waals surface area contributed by atoms with Crippen LogP contribution in [0.2, 0.25) is 0 Å². The minimum absolute atomic E-state index is 0.0979. The van der Waals surface area contributed by atoms with Gasteiger partial charge in [0.25, 0.3) is 0 Å². The molecule has 3 rings (SSSR count). The molecule has 0 saturated heterocycles. The van der Waals surface area contributed by atoms with Crippen LogP contribution in [0.5, 0.6) is 0 Å². The highest BCUT2D eigenvalue weighted by atomic mass is 19.1. The van der Waals surface area contributed by atoms with Crippen LogP contribution in [-0.4, -0.2) is 14.8 Å². The van der Waals surface area contributed by atoms with Crippen molar-refractivity contribution in [1.29, 1.82) is 0 Å². The molecule has 0 aliphatic carbocycles. The Hall–Kier alpha value is -1.78. The SMILES string of the molecule is CC[C@H](F)c1nc2n(n1)C(c1ccccc1)CC2F. The van der Waals surface area contributed by atoms with Gasteiger partial charge in [0.05, 0.1) is 6.04 Å². The molecule has 1 aromatic heterocycles. The van der Waals surface area contributed by atoms with Gasteiger partial charge in [-0.15, -0.1) is 0 Å². The maximum absolute atomic E-state index is 14.0. The summed E-state index contributed by atoms with van der Waals surface area (Å²) in [5, 5.41) is 4.16. The fraction of sp³-hybridized carbons (Fsp3) is 0.429. The Morgan fingerprint density at radius 3 is 2.79 bits per heavy atom. The zero-order valence-corrected chi connectivity index (χ0v) is 10.6. The van der Waals surface area contributed by atoms with Gasteiger partial charge >= 0.3 is 0 Å². The minimum Gasteiger partial charge on any atom is -0.239 e. The summed E-state index contributed by atoms with van der Waals surface area (Å²) in [6, 6.07) is 9.40. The van der Waals surface area contributed by atoms with Crippen molar-refractivity contribution in [2.24, 2.45) is 0 Å². The van der Waals surface area contributed by atoms with Crippen LogP contribution in [0.25, 0.3) is 0 Å². The molecule has 0 amide bonds. The number of benzene rings is 1. The van der Waals surface area contributed by atoms with E-state index in [0.29, 0.717) is 12.8 Å². The third-order valence-electron chi connectivity index (χ3n) is 3.50. The van der Waals surface area contributed by atoms with Gasteiger partial charge in [-0.1, -0.05) is 37.3 Å². The van der Waals surface area contributed by atoms with Gasteiger partial charge in [-0.3, -0.25) is 0 Å². The molecule has 2 heterocycles. The summed E-state index contributed by atoms with van der Waals surface area (Å²) >= 11 is 0. The molecule has 0 spiro atoms. The Morgan fingerprint density at radius 2 is 2.11 bits per heavy atom. The number of hydrogen-bond acceptors (Lipinski definition) is 2. The number of nitrogens with zero attached hydrogens (tertiary/aromatic N) is 3. The molecule has 2 aromatic rings. The van der Waals surface area contributed by atoms with Crippen molar-refractivity contribution in [2.75, 3.05) is 0 Å². The van der Waals surface area contributed by atoms with E-state index in [-0.39, 0.29) is 17.7 Å². The summed E-state index contributed by atoms with van der Waals surface area (Å²) in [5.41, 5.74) is 0.979. The lowest BCUT2D eigenvalue weighted by atomic mass is 10.0. The first-order valence-electron chi connectivity index (χ1n) is 6.50. The number of alkyl halides is 2. The standard InChI is InChI=1S/C14H15F2N3/c1-2-10(15)13-17-14-11(16)8-12(19(14)18-13)9-6-4-3-5-7-9/h3-7,10-12H,2,8H2,1H3/t10-,11?,12?/m0/s1. The molecule has 5 heteroatoms. The van der Waals surface area contributed by atoms with Crippen molar-refractivity contribution in [3.05, 3.63) is 47.5 Å². The first kappa shape index (κ1) is 12.3. The third-order valence-corrected chi connectivity index (χ3v) is 3.50. The van der Waals surface area contributed by atoms with Gasteiger partial charge in [0.2, 0.25) is 0 Å². The molecule has 1 aliphatic heterocycles. The molecule has 0 fully saturated rings. The number of halogens is 2. The van der Waals surface area contributed by atoms with E-state index in [1.165, 1.54) is 4.68 Å². The Labute approximate surface area is 110 Å². The maximum Gasteiger partial charge on any atom is 0.185 e. The van der Waals surface area contributed by atoms with Crippen LogP contribution in [0, 0.1) is 0 Å². The lowest BCUT2D eigenvalue weighted by Gasteiger charge is -2.11. The number of aromatic nitrogens is 3. The molecule has 0 N–H and O–H groups in total. The smallest absolute Gasteiger partial charge is 0.185 e. The van der Waals surface area contributed by atoms with E-state index in [1.54, 1.807) is 6.92 Å². The Kier molecular flexibility index (Phi) is 3.05. The summed E-state index contributed by atoms with van der Waals surface area (Å²) in [5.74, 6) is 0.348. The molecular weight excluding hydrogens is 248 g/mol. The van der Waals surface area contributed by atoms with Crippen molar-refractivity contribution in [3.8, 4) is 0 Å². The van der Waals surface area contributed by atoms with Crippen LogP contribution in [0.15, 0.2) is 30.3 Å². The summed E-state index contributed by atoms with van der Waals surface area (Å²) in [7, 11) is 0. The molecule has 1 aliphatic rings. The van der Waals surface area contributed by atoms with E-state index in [4.69, 9.17) is 0 Å². The fourth-order valence-corrected chi connectivity index (χ4v) is 2.46. The lowest BCUT2D eigenvalue weighted by molar-refractivity contribution is 0.304. The van der Waals surface area contributed by atoms with E-state index in [0.717, 1.165) is 5.56 Å². The topological polar surface area (TPSA) is 30.7 Å². The highest BCUT2D eigenvalue weighted by Gasteiger charge is 2.36. The van der Waals surface area contributed by atoms with Crippen molar-refractivity contribution in [1.82, 2.24) is 14.8 Å². The molecule has 0 bridgehead atoms. The zero-order valence-electron chi connectivity index (χ0n) is 10.6. The minimum atomic E-state index is -1.22. The van der Waals surface area contributed by atoms with Crippen molar-refractivity contribution in [3.63, 3.8) is 0 Å². The largest absolute Gasteiger partial charge is 0.239 e. The molecular formula is C14H15F2N3. The first-order chi connectivity index (χ1) is 9.20. The van der Waals surface area contributed by atoms with E-state index in [9.17, 15) is 8.78 Å². The Balaban J connectivity index is 1.99. The van der Waals surface area contributed by atoms with E-state index >= 15 is 0 Å². The second-order valence-corrected chi connectivity index (χ2v) is 4.78. The number of hydrogen-bond donors (Lipinski definition) is 0. The van der Waals surface area contributed by atoms with Crippen molar-refractivity contribution in [2.45, 2.75) is 38.2 Å². The zero-order chi connectivity index (χ0) is 13.4. The number of fused-ring (bicyclic) bond motifs is 1. The highest BCUT2D eigenvalue weighted by molar-refractivity contribution is 5.23. The van der Waals surface area contributed by atoms with Gasteiger partial charge < -0.3 is 0 Å².